The number of carbonyl (C=O) groups excluding carboxylic acids is 5. The Kier molecular flexibility index (Phi) is 10.1. The minimum Gasteiger partial charge on any atom is -0.372 e. The smallest absolute Gasteiger partial charge is 0.262 e. The summed E-state index contributed by atoms with van der Waals surface area (Å²) in [7, 11) is 0. The summed E-state index contributed by atoms with van der Waals surface area (Å²) in [5.41, 5.74) is 5.14. The monoisotopic (exact) mass is 802 g/mol. The Morgan fingerprint density at radius 2 is 1.38 bits per heavy atom. The number of rotatable bonds is 6. The Hall–Kier alpha value is -5.45. The van der Waals surface area contributed by atoms with Crippen LogP contribution in [0.25, 0.3) is 4.85 Å². The molecule has 3 aromatic rings. The highest BCUT2D eigenvalue weighted by Gasteiger charge is 2.45. The van der Waals surface area contributed by atoms with Gasteiger partial charge in [-0.15, -0.1) is 0 Å². The van der Waals surface area contributed by atoms with Gasteiger partial charge in [0.25, 0.3) is 17.7 Å². The molecule has 58 heavy (non-hydrogen) atoms. The molecule has 5 saturated heterocycles. The summed E-state index contributed by atoms with van der Waals surface area (Å²) in [5, 5.41) is 2.75. The van der Waals surface area contributed by atoms with Crippen molar-refractivity contribution in [1.82, 2.24) is 20.0 Å². The molecule has 13 nitrogen and oxygen atoms in total. The van der Waals surface area contributed by atoms with E-state index in [-0.39, 0.29) is 29.7 Å². The van der Waals surface area contributed by atoms with Gasteiger partial charge in [-0.25, -0.2) is 4.85 Å². The predicted octanol–water partition coefficient (Wildman–Crippen LogP) is 5.22. The van der Waals surface area contributed by atoms with E-state index in [0.717, 1.165) is 112 Å². The fourth-order valence-electron chi connectivity index (χ4n) is 10.0. The van der Waals surface area contributed by atoms with E-state index < -0.39 is 29.7 Å². The van der Waals surface area contributed by atoms with Crippen LogP contribution < -0.4 is 20.0 Å². The van der Waals surface area contributed by atoms with Crippen molar-refractivity contribution in [3.05, 3.63) is 93.8 Å². The van der Waals surface area contributed by atoms with Crippen molar-refractivity contribution in [1.29, 1.82) is 0 Å². The molecular formula is C44H47ClN8O5. The molecule has 6 aliphatic heterocycles. The van der Waals surface area contributed by atoms with Crippen LogP contribution in [-0.4, -0.2) is 122 Å². The molecule has 300 valence electrons. The van der Waals surface area contributed by atoms with E-state index >= 15 is 0 Å². The molecule has 0 aromatic heterocycles. The molecule has 0 radical (unpaired) electrons. The number of carbonyl (C=O) groups is 5. The van der Waals surface area contributed by atoms with Gasteiger partial charge in [0.1, 0.15) is 6.04 Å². The van der Waals surface area contributed by atoms with Crippen molar-refractivity contribution < 1.29 is 24.0 Å². The molecule has 1 unspecified atom stereocenters. The average molecular weight is 803 g/mol. The number of halogens is 1. The van der Waals surface area contributed by atoms with E-state index in [1.54, 1.807) is 12.1 Å². The second-order valence-corrected chi connectivity index (χ2v) is 17.1. The van der Waals surface area contributed by atoms with Gasteiger partial charge < -0.3 is 19.6 Å². The van der Waals surface area contributed by atoms with Gasteiger partial charge in [-0.3, -0.25) is 39.1 Å². The lowest BCUT2D eigenvalue weighted by Gasteiger charge is -2.43. The van der Waals surface area contributed by atoms with Crippen LogP contribution in [0.4, 0.5) is 22.7 Å². The number of benzene rings is 3. The Labute approximate surface area is 343 Å². The van der Waals surface area contributed by atoms with E-state index in [0.29, 0.717) is 35.4 Å². The number of fused-ring (bicyclic) bond motifs is 1. The Balaban J connectivity index is 0.752. The number of piperazine rings is 1. The predicted molar refractivity (Wildman–Crippen MR) is 221 cm³/mol. The summed E-state index contributed by atoms with van der Waals surface area (Å²) in [6, 6.07) is 18.6. The van der Waals surface area contributed by atoms with Crippen LogP contribution in [0, 0.1) is 12.0 Å². The van der Waals surface area contributed by atoms with Gasteiger partial charge in [0.15, 0.2) is 0 Å². The van der Waals surface area contributed by atoms with Crippen molar-refractivity contribution in [3.63, 3.8) is 0 Å². The van der Waals surface area contributed by atoms with Gasteiger partial charge in [0.05, 0.1) is 17.7 Å². The summed E-state index contributed by atoms with van der Waals surface area (Å²) in [6.07, 6.45) is 5.44. The third kappa shape index (κ3) is 7.06. The number of nitrogens with one attached hydrogen (secondary N) is 1. The van der Waals surface area contributed by atoms with Crippen molar-refractivity contribution in [3.8, 4) is 0 Å². The molecule has 5 fully saturated rings. The first-order valence-corrected chi connectivity index (χ1v) is 20.9. The highest BCUT2D eigenvalue weighted by molar-refractivity contribution is 6.33. The molecule has 3 aromatic carbocycles. The summed E-state index contributed by atoms with van der Waals surface area (Å²) in [5.74, 6) is -1.90. The first-order chi connectivity index (χ1) is 28.1. The SMILES string of the molecule is [C-]#[N+]c1ccc(N2CCC3(CC2)CCN(c2cccc(C(=O)N4CCN(C5CCN(c6ccc7c(c6)C(=O)N(C6CCC(=O)NC6=O)C7=O)CC5)CC4)c2)C3)cc1Cl. The van der Waals surface area contributed by atoms with Crippen molar-refractivity contribution in [2.45, 2.75) is 57.0 Å². The number of hydrogen-bond acceptors (Lipinski definition) is 9. The van der Waals surface area contributed by atoms with E-state index in [9.17, 15) is 24.0 Å². The van der Waals surface area contributed by atoms with Crippen LogP contribution in [0.15, 0.2) is 60.7 Å². The number of piperidine rings is 3. The maximum absolute atomic E-state index is 13.8. The van der Waals surface area contributed by atoms with Crippen LogP contribution in [0.1, 0.15) is 76.0 Å². The van der Waals surface area contributed by atoms with Crippen molar-refractivity contribution in [2.75, 3.05) is 80.1 Å². The van der Waals surface area contributed by atoms with Gasteiger partial charge in [0.2, 0.25) is 17.5 Å². The number of hydrogen-bond donors (Lipinski definition) is 1. The van der Waals surface area contributed by atoms with Crippen molar-refractivity contribution >= 4 is 63.9 Å². The molecule has 6 heterocycles. The number of nitrogens with zero attached hydrogens (tertiary/aromatic N) is 7. The highest BCUT2D eigenvalue weighted by atomic mass is 35.5. The second kappa shape index (κ2) is 15.4. The molecule has 0 aliphatic carbocycles. The number of anilines is 3. The highest BCUT2D eigenvalue weighted by Crippen LogP contribution is 2.43. The zero-order valence-electron chi connectivity index (χ0n) is 32.5. The molecule has 14 heteroatoms. The fourth-order valence-corrected chi connectivity index (χ4v) is 10.3. The Morgan fingerprint density at radius 1 is 0.724 bits per heavy atom. The Morgan fingerprint density at radius 3 is 2.09 bits per heavy atom. The normalized spacial score (nSPS) is 22.8. The minimum atomic E-state index is -0.979. The van der Waals surface area contributed by atoms with Gasteiger partial charge in [-0.2, -0.15) is 0 Å². The number of amides is 5. The van der Waals surface area contributed by atoms with Gasteiger partial charge in [-0.05, 0) is 92.5 Å². The standard InChI is InChI=1S/C44H47ClN8O5/c1-46-37-8-6-33(27-36(37)45)49-18-13-44(14-19-49)15-20-52(28-44)31-4-2-3-29(25-31)41(56)51-23-21-50(22-24-51)30-11-16-48(17-12-30)32-5-7-34-35(26-32)43(58)53(42(34)57)38-9-10-39(54)47-40(38)55/h2-8,25-27,30,38H,9-24,28H2,(H,47,54,55). The third-order valence-corrected chi connectivity index (χ3v) is 13.8. The Bertz CT molecular complexity index is 2220. The fraction of sp³-hybridized carbons (Fsp3) is 0.455. The average Bonchev–Trinajstić information content (AvgIpc) is 3.77. The van der Waals surface area contributed by atoms with E-state index in [1.165, 1.54) is 0 Å². The second-order valence-electron chi connectivity index (χ2n) is 16.7. The molecule has 1 N–H and O–H groups in total. The van der Waals surface area contributed by atoms with E-state index in [1.807, 2.05) is 41.3 Å². The van der Waals surface area contributed by atoms with Crippen LogP contribution >= 0.6 is 11.6 Å². The molecule has 5 amide bonds. The first kappa shape index (κ1) is 38.1. The molecule has 6 aliphatic rings. The topological polar surface area (TPSA) is 121 Å². The van der Waals surface area contributed by atoms with Crippen molar-refractivity contribution in [2.24, 2.45) is 5.41 Å². The lowest BCUT2D eigenvalue weighted by Crippen LogP contribution is -2.54. The molecule has 1 atom stereocenters. The molecule has 0 bridgehead atoms. The van der Waals surface area contributed by atoms with Crippen LogP contribution in [0.5, 0.6) is 0 Å². The molecule has 1 spiro atoms. The summed E-state index contributed by atoms with van der Waals surface area (Å²) in [4.78, 5) is 80.5. The van der Waals surface area contributed by atoms with Crippen LogP contribution in [0.2, 0.25) is 5.02 Å². The van der Waals surface area contributed by atoms with E-state index in [2.05, 4.69) is 41.9 Å². The molecular weight excluding hydrogens is 756 g/mol. The van der Waals surface area contributed by atoms with Gasteiger partial charge in [0, 0.05) is 106 Å². The number of imide groups is 2. The zero-order valence-corrected chi connectivity index (χ0v) is 33.3. The summed E-state index contributed by atoms with van der Waals surface area (Å²) in [6.45, 7) is 15.8. The summed E-state index contributed by atoms with van der Waals surface area (Å²) < 4.78 is 0. The lowest BCUT2D eigenvalue weighted by molar-refractivity contribution is -0.136. The zero-order chi connectivity index (χ0) is 40.1. The lowest BCUT2D eigenvalue weighted by atomic mass is 9.77. The summed E-state index contributed by atoms with van der Waals surface area (Å²) >= 11 is 6.34. The van der Waals surface area contributed by atoms with Crippen LogP contribution in [0.3, 0.4) is 0 Å². The third-order valence-electron chi connectivity index (χ3n) is 13.5. The van der Waals surface area contributed by atoms with E-state index in [4.69, 9.17) is 18.2 Å². The quantitative estimate of drug-likeness (QED) is 0.265. The largest absolute Gasteiger partial charge is 0.372 e. The molecule has 0 saturated carbocycles. The van der Waals surface area contributed by atoms with Gasteiger partial charge in [-0.1, -0.05) is 23.7 Å². The van der Waals surface area contributed by atoms with Crippen LogP contribution in [-0.2, 0) is 9.59 Å². The maximum Gasteiger partial charge on any atom is 0.262 e. The molecule has 9 rings (SSSR count). The minimum absolute atomic E-state index is 0.0854. The maximum atomic E-state index is 13.8. The first-order valence-electron chi connectivity index (χ1n) is 20.5. The van der Waals surface area contributed by atoms with Gasteiger partial charge >= 0.3 is 0 Å².